The van der Waals surface area contributed by atoms with Crippen molar-refractivity contribution in [3.05, 3.63) is 35.6 Å². The van der Waals surface area contributed by atoms with Crippen LogP contribution in [0.1, 0.15) is 18.4 Å². The van der Waals surface area contributed by atoms with Crippen molar-refractivity contribution in [2.75, 3.05) is 32.7 Å². The molecule has 0 radical (unpaired) electrons. The fourth-order valence-corrected chi connectivity index (χ4v) is 3.61. The Morgan fingerprint density at radius 3 is 2.85 bits per heavy atom. The zero-order valence-electron chi connectivity index (χ0n) is 14.7. The van der Waals surface area contributed by atoms with Gasteiger partial charge in [-0.05, 0) is 37.1 Å². The van der Waals surface area contributed by atoms with E-state index in [1.54, 1.807) is 12.1 Å². The lowest BCUT2D eigenvalue weighted by molar-refractivity contribution is -0.127. The third-order valence-corrected chi connectivity index (χ3v) is 5.01. The highest BCUT2D eigenvalue weighted by Gasteiger charge is 2.29. The van der Waals surface area contributed by atoms with Crippen LogP contribution in [0.2, 0.25) is 0 Å². The minimum atomic E-state index is -0.374. The number of aliphatic hydroxyl groups is 1. The van der Waals surface area contributed by atoms with Gasteiger partial charge in [-0.2, -0.15) is 0 Å². The van der Waals surface area contributed by atoms with E-state index in [9.17, 15) is 14.3 Å². The minimum absolute atomic E-state index is 0. The molecule has 3 rings (SSSR count). The third-order valence-electron chi connectivity index (χ3n) is 5.01. The van der Waals surface area contributed by atoms with Gasteiger partial charge in [0.2, 0.25) is 5.91 Å². The van der Waals surface area contributed by atoms with Gasteiger partial charge < -0.3 is 15.7 Å². The molecular weight excluding hydrogens is 380 g/mol. The average Bonchev–Trinajstić information content (AvgIpc) is 2.98. The first-order valence-electron chi connectivity index (χ1n) is 8.75. The van der Waals surface area contributed by atoms with Gasteiger partial charge >= 0.3 is 0 Å². The number of hydrogen-bond donors (Lipinski definition) is 3. The van der Waals surface area contributed by atoms with Crippen LogP contribution in [0.4, 0.5) is 4.39 Å². The number of rotatable bonds is 5. The van der Waals surface area contributed by atoms with Gasteiger partial charge in [0.15, 0.2) is 0 Å². The van der Waals surface area contributed by atoms with Crippen LogP contribution in [0.25, 0.3) is 0 Å². The lowest BCUT2D eigenvalue weighted by atomic mass is 9.96. The summed E-state index contributed by atoms with van der Waals surface area (Å²) in [7, 11) is 0. The Morgan fingerprint density at radius 1 is 1.35 bits per heavy atom. The van der Waals surface area contributed by atoms with E-state index in [1.807, 2.05) is 6.07 Å². The maximum absolute atomic E-state index is 13.3. The number of benzene rings is 1. The second kappa shape index (κ2) is 11.0. The van der Waals surface area contributed by atoms with Gasteiger partial charge in [-0.15, -0.1) is 24.8 Å². The van der Waals surface area contributed by atoms with Crippen molar-refractivity contribution >= 4 is 30.7 Å². The molecule has 0 bridgehead atoms. The van der Waals surface area contributed by atoms with Gasteiger partial charge in [-0.25, -0.2) is 4.39 Å². The molecule has 0 spiro atoms. The SMILES string of the molecule is Cl.Cl.O=C(NCC1CNCC1O)C1CCCN(Cc2cccc(F)c2)C1. The van der Waals surface area contributed by atoms with Crippen molar-refractivity contribution in [1.29, 1.82) is 0 Å². The third kappa shape index (κ3) is 6.35. The van der Waals surface area contributed by atoms with Crippen molar-refractivity contribution < 1.29 is 14.3 Å². The van der Waals surface area contributed by atoms with Crippen molar-refractivity contribution in [3.63, 3.8) is 0 Å². The fourth-order valence-electron chi connectivity index (χ4n) is 3.61. The van der Waals surface area contributed by atoms with Crippen LogP contribution in [0.3, 0.4) is 0 Å². The Morgan fingerprint density at radius 2 is 2.15 bits per heavy atom. The molecule has 0 aromatic heterocycles. The summed E-state index contributed by atoms with van der Waals surface area (Å²) in [6.45, 7) is 4.18. The molecule has 1 aromatic rings. The maximum Gasteiger partial charge on any atom is 0.224 e. The Hall–Kier alpha value is -0.920. The van der Waals surface area contributed by atoms with Gasteiger partial charge in [0, 0.05) is 38.6 Å². The van der Waals surface area contributed by atoms with Crippen molar-refractivity contribution in [1.82, 2.24) is 15.5 Å². The number of carbonyl (C=O) groups is 1. The van der Waals surface area contributed by atoms with Crippen molar-refractivity contribution in [3.8, 4) is 0 Å². The zero-order chi connectivity index (χ0) is 16.9. The number of aliphatic hydroxyl groups excluding tert-OH is 1. The summed E-state index contributed by atoms with van der Waals surface area (Å²) < 4.78 is 13.3. The Labute approximate surface area is 166 Å². The summed E-state index contributed by atoms with van der Waals surface area (Å²) in [6, 6.07) is 6.64. The number of nitrogens with one attached hydrogen (secondary N) is 2. The highest BCUT2D eigenvalue weighted by Crippen LogP contribution is 2.19. The van der Waals surface area contributed by atoms with E-state index in [0.717, 1.165) is 31.5 Å². The molecule has 3 atom stereocenters. The van der Waals surface area contributed by atoms with Crippen LogP contribution in [-0.2, 0) is 11.3 Å². The molecule has 3 unspecified atom stereocenters. The van der Waals surface area contributed by atoms with Crippen LogP contribution in [0.15, 0.2) is 24.3 Å². The standard InChI is InChI=1S/C18H26FN3O2.2ClH/c19-16-5-1-3-13(7-16)11-22-6-2-4-14(12-22)18(24)21-9-15-8-20-10-17(15)23;;/h1,3,5,7,14-15,17,20,23H,2,4,6,8-12H2,(H,21,24);2*1H. The van der Waals surface area contributed by atoms with Crippen molar-refractivity contribution in [2.24, 2.45) is 11.8 Å². The monoisotopic (exact) mass is 407 g/mol. The number of piperidine rings is 1. The molecule has 2 aliphatic heterocycles. The first-order valence-corrected chi connectivity index (χ1v) is 8.75. The number of hydrogen-bond acceptors (Lipinski definition) is 4. The lowest BCUT2D eigenvalue weighted by Crippen LogP contribution is -2.44. The van der Waals surface area contributed by atoms with Crippen LogP contribution in [0, 0.1) is 17.7 Å². The first-order chi connectivity index (χ1) is 11.6. The largest absolute Gasteiger partial charge is 0.391 e. The fraction of sp³-hybridized carbons (Fsp3) is 0.611. The van der Waals surface area contributed by atoms with Crippen LogP contribution in [-0.4, -0.2) is 54.7 Å². The van der Waals surface area contributed by atoms with Crippen LogP contribution in [0.5, 0.6) is 0 Å². The summed E-state index contributed by atoms with van der Waals surface area (Å²) in [6.07, 6.45) is 1.49. The van der Waals surface area contributed by atoms with Crippen LogP contribution < -0.4 is 10.6 Å². The molecule has 2 fully saturated rings. The summed E-state index contributed by atoms with van der Waals surface area (Å²) in [4.78, 5) is 14.6. The molecule has 0 aliphatic carbocycles. The first kappa shape index (κ1) is 23.1. The summed E-state index contributed by atoms with van der Waals surface area (Å²) in [5.74, 6) is -0.0830. The van der Waals surface area contributed by atoms with E-state index in [-0.39, 0.29) is 54.5 Å². The molecule has 148 valence electrons. The molecule has 2 aliphatic rings. The van der Waals surface area contributed by atoms with E-state index in [1.165, 1.54) is 6.07 Å². The van der Waals surface area contributed by atoms with E-state index < -0.39 is 0 Å². The second-order valence-corrected chi connectivity index (χ2v) is 6.94. The lowest BCUT2D eigenvalue weighted by Gasteiger charge is -2.32. The van der Waals surface area contributed by atoms with E-state index in [4.69, 9.17) is 0 Å². The number of carbonyl (C=O) groups excluding carboxylic acids is 1. The van der Waals surface area contributed by atoms with Crippen molar-refractivity contribution in [2.45, 2.75) is 25.5 Å². The molecular formula is C18H28Cl2FN3O2. The minimum Gasteiger partial charge on any atom is -0.391 e. The highest BCUT2D eigenvalue weighted by atomic mass is 35.5. The number of halogens is 3. The molecule has 26 heavy (non-hydrogen) atoms. The predicted molar refractivity (Wildman–Crippen MR) is 104 cm³/mol. The summed E-state index contributed by atoms with van der Waals surface area (Å²) in [5.41, 5.74) is 0.941. The molecule has 0 saturated carbocycles. The second-order valence-electron chi connectivity index (χ2n) is 6.94. The van der Waals surface area contributed by atoms with Gasteiger partial charge in [0.1, 0.15) is 5.82 Å². The number of likely N-dealkylation sites (tertiary alicyclic amines) is 1. The average molecular weight is 408 g/mol. The van der Waals surface area contributed by atoms with Gasteiger partial charge in [0.25, 0.3) is 0 Å². The smallest absolute Gasteiger partial charge is 0.224 e. The Kier molecular flexibility index (Phi) is 9.82. The Balaban J connectivity index is 0.00000169. The summed E-state index contributed by atoms with van der Waals surface area (Å²) >= 11 is 0. The predicted octanol–water partition coefficient (Wildman–Crippen LogP) is 1.58. The number of nitrogens with zero attached hydrogens (tertiary/aromatic N) is 1. The van der Waals surface area contributed by atoms with Gasteiger partial charge in [0.05, 0.1) is 12.0 Å². The topological polar surface area (TPSA) is 64.6 Å². The van der Waals surface area contributed by atoms with Gasteiger partial charge in [-0.3, -0.25) is 9.69 Å². The molecule has 3 N–H and O–H groups in total. The molecule has 8 heteroatoms. The summed E-state index contributed by atoms with van der Waals surface area (Å²) in [5, 5.41) is 15.9. The Bertz CT molecular complexity index is 579. The molecule has 2 saturated heterocycles. The molecule has 2 heterocycles. The number of β-amino-alcohol motifs (C(OH)–C–C–N with tert-alkyl or cyclic N) is 1. The normalized spacial score (nSPS) is 25.8. The van der Waals surface area contributed by atoms with E-state index >= 15 is 0 Å². The molecule has 1 amide bonds. The van der Waals surface area contributed by atoms with Gasteiger partial charge in [-0.1, -0.05) is 12.1 Å². The van der Waals surface area contributed by atoms with E-state index in [0.29, 0.717) is 26.2 Å². The zero-order valence-corrected chi connectivity index (χ0v) is 16.3. The maximum atomic E-state index is 13.3. The number of amides is 1. The molecule has 5 nitrogen and oxygen atoms in total. The highest BCUT2D eigenvalue weighted by molar-refractivity contribution is 5.85. The van der Waals surface area contributed by atoms with E-state index in [2.05, 4.69) is 15.5 Å². The quantitative estimate of drug-likeness (QED) is 0.693. The van der Waals surface area contributed by atoms with Crippen LogP contribution >= 0.6 is 24.8 Å². The molecule has 1 aromatic carbocycles.